The van der Waals surface area contributed by atoms with Crippen LogP contribution >= 0.6 is 0 Å². The Morgan fingerprint density at radius 3 is 1.43 bits per heavy atom. The van der Waals surface area contributed by atoms with Crippen molar-refractivity contribution in [2.75, 3.05) is 0 Å². The van der Waals surface area contributed by atoms with Crippen molar-refractivity contribution in [1.82, 2.24) is 9.13 Å². The number of aromatic nitrogens is 2. The molecule has 2 fully saturated rings. The maximum Gasteiger partial charge on any atom is 0.0991 e. The van der Waals surface area contributed by atoms with Crippen molar-refractivity contribution in [2.45, 2.75) is 88.9 Å². The van der Waals surface area contributed by atoms with Crippen LogP contribution in [0.15, 0.2) is 127 Å². The molecule has 11 rings (SSSR count). The highest BCUT2D eigenvalue weighted by Crippen LogP contribution is 2.56. The number of benzene rings is 6. The minimum atomic E-state index is 0.308. The molecule has 2 saturated carbocycles. The second-order valence-electron chi connectivity index (χ2n) is 17.3. The molecule has 0 aliphatic heterocycles. The quantitative estimate of drug-likeness (QED) is 0.169. The van der Waals surface area contributed by atoms with E-state index in [-0.39, 0.29) is 0 Å². The molecule has 3 aliphatic carbocycles. The van der Waals surface area contributed by atoms with Gasteiger partial charge < -0.3 is 9.13 Å². The lowest BCUT2D eigenvalue weighted by Crippen LogP contribution is -2.20. The van der Waals surface area contributed by atoms with E-state index in [1.807, 2.05) is 24.3 Å². The van der Waals surface area contributed by atoms with Gasteiger partial charge in [-0.25, -0.2) is 0 Å². The zero-order chi connectivity index (χ0) is 40.2. The standard InChI is InChI=1S/C56H48N4/c57-35-37-27-31-41(32-28-37)52-51(39-15-3-1-4-16-39)53(42-33-29-38(36-58)30-34-42)56(60-49-25-13-9-21-45(49)46-22-10-14-26-50(46)60)54(40-17-5-2-6-18-40)55(52)59-47-23-11-7-19-43(47)44-20-8-12-24-48(44)59/h7-9,11-14,19-21,23-34,39-40H,1-6,10,15-18,22H2. The Balaban J connectivity index is 1.44. The van der Waals surface area contributed by atoms with Gasteiger partial charge in [0, 0.05) is 38.5 Å². The largest absolute Gasteiger partial charge is 0.309 e. The number of para-hydroxylation sites is 3. The Morgan fingerprint density at radius 2 is 0.917 bits per heavy atom. The van der Waals surface area contributed by atoms with Crippen molar-refractivity contribution in [3.8, 4) is 45.8 Å². The van der Waals surface area contributed by atoms with E-state index in [1.54, 1.807) is 0 Å². The van der Waals surface area contributed by atoms with Gasteiger partial charge in [-0.15, -0.1) is 0 Å². The molecular formula is C56H48N4. The fourth-order valence-electron chi connectivity index (χ4n) is 11.4. The summed E-state index contributed by atoms with van der Waals surface area (Å²) >= 11 is 0. The van der Waals surface area contributed by atoms with E-state index in [2.05, 4.69) is 130 Å². The molecule has 6 aromatic carbocycles. The summed E-state index contributed by atoms with van der Waals surface area (Å²) in [5.41, 5.74) is 18.1. The van der Waals surface area contributed by atoms with Crippen molar-refractivity contribution in [3.05, 3.63) is 161 Å². The lowest BCUT2D eigenvalue weighted by atomic mass is 9.72. The Kier molecular flexibility index (Phi) is 9.24. The van der Waals surface area contributed by atoms with Crippen molar-refractivity contribution < 1.29 is 0 Å². The average molecular weight is 777 g/mol. The first kappa shape index (κ1) is 36.5. The minimum absolute atomic E-state index is 0.308. The van der Waals surface area contributed by atoms with Crippen LogP contribution in [0.4, 0.5) is 0 Å². The molecule has 0 unspecified atom stereocenters. The molecule has 2 heterocycles. The van der Waals surface area contributed by atoms with Gasteiger partial charge in [0.25, 0.3) is 0 Å². The van der Waals surface area contributed by atoms with E-state index < -0.39 is 0 Å². The number of hydrogen-bond acceptors (Lipinski definition) is 2. The molecule has 0 bridgehead atoms. The van der Waals surface area contributed by atoms with Gasteiger partial charge in [-0.2, -0.15) is 10.5 Å². The number of nitriles is 2. The topological polar surface area (TPSA) is 57.4 Å². The highest BCUT2D eigenvalue weighted by atomic mass is 15.0. The van der Waals surface area contributed by atoms with Crippen LogP contribution in [-0.2, 0) is 6.42 Å². The molecule has 0 radical (unpaired) electrons. The van der Waals surface area contributed by atoms with Crippen molar-refractivity contribution >= 4 is 38.8 Å². The fourth-order valence-corrected chi connectivity index (χ4v) is 11.4. The van der Waals surface area contributed by atoms with E-state index >= 15 is 0 Å². The Morgan fingerprint density at radius 1 is 0.467 bits per heavy atom. The Bertz CT molecular complexity index is 3000. The van der Waals surface area contributed by atoms with E-state index in [0.29, 0.717) is 23.0 Å². The van der Waals surface area contributed by atoms with E-state index in [9.17, 15) is 10.5 Å². The summed E-state index contributed by atoms with van der Waals surface area (Å²) in [7, 11) is 0. The van der Waals surface area contributed by atoms with Crippen LogP contribution in [0.5, 0.6) is 0 Å². The molecule has 0 spiro atoms. The summed E-state index contributed by atoms with van der Waals surface area (Å²) in [5.74, 6) is 0.622. The van der Waals surface area contributed by atoms with Gasteiger partial charge >= 0.3 is 0 Å². The van der Waals surface area contributed by atoms with Gasteiger partial charge in [0.1, 0.15) is 0 Å². The van der Waals surface area contributed by atoms with Gasteiger partial charge in [0.2, 0.25) is 0 Å². The molecular weight excluding hydrogens is 729 g/mol. The maximum atomic E-state index is 10.1. The molecule has 0 saturated heterocycles. The average Bonchev–Trinajstić information content (AvgIpc) is 3.84. The molecule has 4 nitrogen and oxygen atoms in total. The number of hydrogen-bond donors (Lipinski definition) is 0. The van der Waals surface area contributed by atoms with Crippen LogP contribution in [0.1, 0.15) is 116 Å². The molecule has 0 amide bonds. The molecule has 0 N–H and O–H groups in total. The third-order valence-electron chi connectivity index (χ3n) is 14.0. The van der Waals surface area contributed by atoms with Crippen LogP contribution < -0.4 is 0 Å². The summed E-state index contributed by atoms with van der Waals surface area (Å²) in [5, 5.41) is 24.0. The van der Waals surface area contributed by atoms with Gasteiger partial charge in [-0.3, -0.25) is 0 Å². The van der Waals surface area contributed by atoms with E-state index in [4.69, 9.17) is 0 Å². The van der Waals surface area contributed by atoms with Gasteiger partial charge in [-0.1, -0.05) is 123 Å². The van der Waals surface area contributed by atoms with E-state index in [0.717, 1.165) is 49.7 Å². The maximum absolute atomic E-state index is 10.1. The zero-order valence-electron chi connectivity index (χ0n) is 34.1. The van der Waals surface area contributed by atoms with Crippen molar-refractivity contribution in [3.63, 3.8) is 0 Å². The third-order valence-corrected chi connectivity index (χ3v) is 14.0. The first-order chi connectivity index (χ1) is 29.7. The predicted octanol–water partition coefficient (Wildman–Crippen LogP) is 14.9. The zero-order valence-corrected chi connectivity index (χ0v) is 34.1. The first-order valence-corrected chi connectivity index (χ1v) is 22.3. The summed E-state index contributed by atoms with van der Waals surface area (Å²) in [6, 6.07) is 49.0. The first-order valence-electron chi connectivity index (χ1n) is 22.3. The summed E-state index contributed by atoms with van der Waals surface area (Å²) < 4.78 is 5.33. The predicted molar refractivity (Wildman–Crippen MR) is 247 cm³/mol. The van der Waals surface area contributed by atoms with Crippen LogP contribution in [0.2, 0.25) is 0 Å². The number of rotatable bonds is 6. The fraction of sp³-hybridized carbons (Fsp3) is 0.250. The highest BCUT2D eigenvalue weighted by molar-refractivity contribution is 6.11. The molecule has 60 heavy (non-hydrogen) atoms. The lowest BCUT2D eigenvalue weighted by molar-refractivity contribution is 0.439. The molecule has 0 atom stereocenters. The lowest BCUT2D eigenvalue weighted by Gasteiger charge is -2.37. The number of allylic oxidation sites excluding steroid dienone is 1. The Labute approximate surface area is 352 Å². The van der Waals surface area contributed by atoms with Gasteiger partial charge in [-0.05, 0) is 121 Å². The molecule has 4 heteroatoms. The number of nitrogens with zero attached hydrogens (tertiary/aromatic N) is 4. The van der Waals surface area contributed by atoms with Crippen LogP contribution in [0.3, 0.4) is 0 Å². The third kappa shape index (κ3) is 5.84. The SMILES string of the molecule is N#Cc1ccc(-c2c(C3CCCCC3)c(-c3ccc(C#N)cc3)c(-n3c4ccccc4c4ccccc43)c(C3CCCCC3)c2-n2c3c(c4ccccc42)CCC=C3)cc1. The Hall–Kier alpha value is -6.62. The summed E-state index contributed by atoms with van der Waals surface area (Å²) in [6.45, 7) is 0. The number of fused-ring (bicyclic) bond motifs is 6. The molecule has 3 aliphatic rings. The van der Waals surface area contributed by atoms with Crippen LogP contribution in [-0.4, -0.2) is 9.13 Å². The second-order valence-corrected chi connectivity index (χ2v) is 17.3. The number of aryl methyl sites for hydroxylation is 1. The minimum Gasteiger partial charge on any atom is -0.309 e. The van der Waals surface area contributed by atoms with Crippen LogP contribution in [0.25, 0.3) is 72.4 Å². The van der Waals surface area contributed by atoms with Crippen molar-refractivity contribution in [2.24, 2.45) is 0 Å². The molecule has 8 aromatic rings. The second kappa shape index (κ2) is 15.2. The summed E-state index contributed by atoms with van der Waals surface area (Å²) in [6.07, 6.45) is 18.6. The normalized spacial score (nSPS) is 16.0. The summed E-state index contributed by atoms with van der Waals surface area (Å²) in [4.78, 5) is 0. The highest BCUT2D eigenvalue weighted by Gasteiger charge is 2.37. The van der Waals surface area contributed by atoms with Crippen LogP contribution in [0, 0.1) is 22.7 Å². The van der Waals surface area contributed by atoms with E-state index in [1.165, 1.54) is 116 Å². The van der Waals surface area contributed by atoms with Gasteiger partial charge in [0.15, 0.2) is 0 Å². The monoisotopic (exact) mass is 776 g/mol. The smallest absolute Gasteiger partial charge is 0.0991 e. The molecule has 292 valence electrons. The van der Waals surface area contributed by atoms with Crippen molar-refractivity contribution in [1.29, 1.82) is 10.5 Å². The molecule has 2 aromatic heterocycles. The van der Waals surface area contributed by atoms with Gasteiger partial charge in [0.05, 0.1) is 51.2 Å².